The predicted molar refractivity (Wildman–Crippen MR) is 51.4 cm³/mol. The average molecular weight is 183 g/mol. The molecule has 0 aromatic heterocycles. The molecule has 0 unspecified atom stereocenters. The van der Waals surface area contributed by atoms with E-state index in [1.807, 2.05) is 6.08 Å². The highest BCUT2D eigenvalue weighted by Crippen LogP contribution is 2.33. The summed E-state index contributed by atoms with van der Waals surface area (Å²) >= 11 is 0. The van der Waals surface area contributed by atoms with Gasteiger partial charge in [-0.1, -0.05) is 6.08 Å². The molecular formula is C10H17NO2. The van der Waals surface area contributed by atoms with Gasteiger partial charge in [-0.15, -0.1) is 0 Å². The molecule has 0 aromatic carbocycles. The molecule has 1 fully saturated rings. The number of esters is 1. The quantitative estimate of drug-likeness (QED) is 0.515. The third-order valence-corrected chi connectivity index (χ3v) is 2.19. The minimum Gasteiger partial charge on any atom is -0.463 e. The predicted octanol–water partition coefficient (Wildman–Crippen LogP) is 1.25. The molecule has 0 aromatic rings. The number of carbonyl (C=O) groups excluding carboxylic acids is 1. The van der Waals surface area contributed by atoms with Gasteiger partial charge in [-0.05, 0) is 26.7 Å². The maximum atomic E-state index is 10.8. The van der Waals surface area contributed by atoms with E-state index < -0.39 is 0 Å². The third-order valence-electron chi connectivity index (χ3n) is 2.19. The second kappa shape index (κ2) is 4.42. The third kappa shape index (κ3) is 4.08. The number of rotatable bonds is 5. The maximum absolute atomic E-state index is 10.8. The van der Waals surface area contributed by atoms with Gasteiger partial charge in [0.1, 0.15) is 0 Å². The van der Waals surface area contributed by atoms with E-state index in [9.17, 15) is 4.79 Å². The summed E-state index contributed by atoms with van der Waals surface area (Å²) in [5, 5.41) is 3.34. The van der Waals surface area contributed by atoms with E-state index in [1.54, 1.807) is 6.92 Å². The molecule has 1 saturated carbocycles. The molecule has 0 atom stereocenters. The zero-order chi connectivity index (χ0) is 9.73. The standard InChI is InChI=1S/C10H17NO2/c1-3-13-9(12)5-4-8-11-10(2)6-7-10/h4-5,11H,3,6-8H2,1-2H3/b5-4+. The summed E-state index contributed by atoms with van der Waals surface area (Å²) in [5.74, 6) is -0.259. The van der Waals surface area contributed by atoms with Crippen LogP contribution in [0.5, 0.6) is 0 Å². The molecule has 0 amide bonds. The SMILES string of the molecule is CCOC(=O)/C=C/CNC1(C)CC1. The summed E-state index contributed by atoms with van der Waals surface area (Å²) in [4.78, 5) is 10.8. The van der Waals surface area contributed by atoms with Crippen molar-refractivity contribution in [1.82, 2.24) is 5.32 Å². The molecular weight excluding hydrogens is 166 g/mol. The molecule has 0 spiro atoms. The van der Waals surface area contributed by atoms with E-state index in [0.717, 1.165) is 6.54 Å². The van der Waals surface area contributed by atoms with Crippen LogP contribution < -0.4 is 5.32 Å². The maximum Gasteiger partial charge on any atom is 0.330 e. The van der Waals surface area contributed by atoms with Gasteiger partial charge in [-0.2, -0.15) is 0 Å². The second-order valence-corrected chi connectivity index (χ2v) is 3.60. The van der Waals surface area contributed by atoms with Crippen LogP contribution in [0.1, 0.15) is 26.7 Å². The van der Waals surface area contributed by atoms with Crippen molar-refractivity contribution in [2.45, 2.75) is 32.2 Å². The van der Waals surface area contributed by atoms with Crippen LogP contribution in [0.2, 0.25) is 0 Å². The monoisotopic (exact) mass is 183 g/mol. The van der Waals surface area contributed by atoms with Gasteiger partial charge in [-0.25, -0.2) is 4.79 Å². The first-order valence-corrected chi connectivity index (χ1v) is 4.74. The van der Waals surface area contributed by atoms with Gasteiger partial charge >= 0.3 is 5.97 Å². The fraction of sp³-hybridized carbons (Fsp3) is 0.700. The summed E-state index contributed by atoms with van der Waals surface area (Å²) < 4.78 is 4.74. The molecule has 0 saturated heterocycles. The van der Waals surface area contributed by atoms with Gasteiger partial charge in [0.2, 0.25) is 0 Å². The Morgan fingerprint density at radius 3 is 2.85 bits per heavy atom. The number of carbonyl (C=O) groups is 1. The van der Waals surface area contributed by atoms with Gasteiger partial charge in [0.05, 0.1) is 6.61 Å². The van der Waals surface area contributed by atoms with Crippen molar-refractivity contribution in [2.75, 3.05) is 13.2 Å². The zero-order valence-electron chi connectivity index (χ0n) is 8.30. The van der Waals surface area contributed by atoms with Gasteiger partial charge in [0.25, 0.3) is 0 Å². The van der Waals surface area contributed by atoms with Gasteiger partial charge in [-0.3, -0.25) is 0 Å². The summed E-state index contributed by atoms with van der Waals surface area (Å²) in [6.45, 7) is 5.17. The molecule has 3 heteroatoms. The molecule has 0 heterocycles. The lowest BCUT2D eigenvalue weighted by molar-refractivity contribution is -0.137. The van der Waals surface area contributed by atoms with E-state index in [0.29, 0.717) is 12.1 Å². The van der Waals surface area contributed by atoms with Crippen molar-refractivity contribution in [1.29, 1.82) is 0 Å². The minimum atomic E-state index is -0.259. The van der Waals surface area contributed by atoms with Crippen LogP contribution in [-0.4, -0.2) is 24.7 Å². The fourth-order valence-corrected chi connectivity index (χ4v) is 1.02. The number of hydrogen-bond acceptors (Lipinski definition) is 3. The highest BCUT2D eigenvalue weighted by molar-refractivity contribution is 5.81. The first-order chi connectivity index (χ1) is 6.16. The first-order valence-electron chi connectivity index (χ1n) is 4.74. The molecule has 0 aliphatic heterocycles. The van der Waals surface area contributed by atoms with Crippen molar-refractivity contribution in [2.24, 2.45) is 0 Å². The van der Waals surface area contributed by atoms with E-state index >= 15 is 0 Å². The summed E-state index contributed by atoms with van der Waals surface area (Å²) in [7, 11) is 0. The van der Waals surface area contributed by atoms with Crippen LogP contribution in [0.3, 0.4) is 0 Å². The van der Waals surface area contributed by atoms with Crippen molar-refractivity contribution >= 4 is 5.97 Å². The molecule has 3 nitrogen and oxygen atoms in total. The van der Waals surface area contributed by atoms with Crippen LogP contribution >= 0.6 is 0 Å². The van der Waals surface area contributed by atoms with Crippen molar-refractivity contribution in [3.63, 3.8) is 0 Å². The molecule has 13 heavy (non-hydrogen) atoms. The Bertz CT molecular complexity index is 207. The zero-order valence-corrected chi connectivity index (χ0v) is 8.30. The van der Waals surface area contributed by atoms with Crippen molar-refractivity contribution < 1.29 is 9.53 Å². The molecule has 0 radical (unpaired) electrons. The first kappa shape index (κ1) is 10.3. The Labute approximate surface area is 79.2 Å². The van der Waals surface area contributed by atoms with Crippen LogP contribution in [0.4, 0.5) is 0 Å². The highest BCUT2D eigenvalue weighted by Gasteiger charge is 2.35. The lowest BCUT2D eigenvalue weighted by Crippen LogP contribution is -2.27. The smallest absolute Gasteiger partial charge is 0.330 e. The topological polar surface area (TPSA) is 38.3 Å². The largest absolute Gasteiger partial charge is 0.463 e. The van der Waals surface area contributed by atoms with Crippen LogP contribution in [0, 0.1) is 0 Å². The Hall–Kier alpha value is -0.830. The van der Waals surface area contributed by atoms with Crippen LogP contribution in [-0.2, 0) is 9.53 Å². The van der Waals surface area contributed by atoms with Gasteiger partial charge in [0, 0.05) is 18.2 Å². The Morgan fingerprint density at radius 1 is 1.62 bits per heavy atom. The normalized spacial score (nSPS) is 18.9. The fourth-order valence-electron chi connectivity index (χ4n) is 1.02. The molecule has 1 aliphatic carbocycles. The van der Waals surface area contributed by atoms with Gasteiger partial charge in [0.15, 0.2) is 0 Å². The van der Waals surface area contributed by atoms with Crippen molar-refractivity contribution in [3.8, 4) is 0 Å². The van der Waals surface area contributed by atoms with Gasteiger partial charge < -0.3 is 10.1 Å². The molecule has 74 valence electrons. The van der Waals surface area contributed by atoms with E-state index in [2.05, 4.69) is 12.2 Å². The lowest BCUT2D eigenvalue weighted by atomic mass is 10.3. The van der Waals surface area contributed by atoms with Crippen molar-refractivity contribution in [3.05, 3.63) is 12.2 Å². The molecule has 1 N–H and O–H groups in total. The van der Waals surface area contributed by atoms with Crippen LogP contribution in [0.25, 0.3) is 0 Å². The summed E-state index contributed by atoms with van der Waals surface area (Å²) in [6, 6.07) is 0. The van der Waals surface area contributed by atoms with E-state index in [1.165, 1.54) is 18.9 Å². The number of hydrogen-bond donors (Lipinski definition) is 1. The molecule has 1 rings (SSSR count). The van der Waals surface area contributed by atoms with E-state index in [4.69, 9.17) is 4.74 Å². The minimum absolute atomic E-state index is 0.259. The molecule has 1 aliphatic rings. The number of ether oxygens (including phenoxy) is 1. The molecule has 0 bridgehead atoms. The van der Waals surface area contributed by atoms with Crippen LogP contribution in [0.15, 0.2) is 12.2 Å². The van der Waals surface area contributed by atoms with E-state index in [-0.39, 0.29) is 5.97 Å². The summed E-state index contributed by atoms with van der Waals surface area (Å²) in [5.41, 5.74) is 0.332. The Morgan fingerprint density at radius 2 is 2.31 bits per heavy atom. The Kier molecular flexibility index (Phi) is 3.48. The Balaban J connectivity index is 2.07. The number of nitrogens with one attached hydrogen (secondary N) is 1. The lowest BCUT2D eigenvalue weighted by Gasteiger charge is -2.07. The average Bonchev–Trinajstić information content (AvgIpc) is 2.79. The summed E-state index contributed by atoms with van der Waals surface area (Å²) in [6.07, 6.45) is 5.75. The highest BCUT2D eigenvalue weighted by atomic mass is 16.5. The second-order valence-electron chi connectivity index (χ2n) is 3.60.